The highest BCUT2D eigenvalue weighted by Crippen LogP contribution is 2.13. The van der Waals surface area contributed by atoms with Gasteiger partial charge in [-0.3, -0.25) is 4.79 Å². The third-order valence-corrected chi connectivity index (χ3v) is 2.73. The molecule has 0 aromatic carbocycles. The van der Waals surface area contributed by atoms with Gasteiger partial charge in [0.05, 0.1) is 6.61 Å². The monoisotopic (exact) mass is 281 g/mol. The van der Waals surface area contributed by atoms with Gasteiger partial charge >= 0.3 is 5.97 Å². The van der Waals surface area contributed by atoms with E-state index in [1.807, 2.05) is 13.8 Å². The van der Waals surface area contributed by atoms with Gasteiger partial charge in [0.1, 0.15) is 11.6 Å². The van der Waals surface area contributed by atoms with Crippen LogP contribution in [0.3, 0.4) is 0 Å². The number of nitrogens with one attached hydrogen (secondary N) is 1. The standard InChI is InChI=1S/C14H23N3O3/c1-3-20-13-10-12(16-11(2)17-13)15-9-7-5-4-6-8-14(18)19/h10H,3-9H2,1-2H3,(H,18,19)(H,15,16,17). The molecule has 0 aliphatic rings. The van der Waals surface area contributed by atoms with Crippen LogP contribution in [-0.2, 0) is 4.79 Å². The Morgan fingerprint density at radius 1 is 1.30 bits per heavy atom. The maximum Gasteiger partial charge on any atom is 0.303 e. The zero-order valence-electron chi connectivity index (χ0n) is 12.2. The average molecular weight is 281 g/mol. The largest absolute Gasteiger partial charge is 0.481 e. The molecule has 6 nitrogen and oxygen atoms in total. The summed E-state index contributed by atoms with van der Waals surface area (Å²) >= 11 is 0. The summed E-state index contributed by atoms with van der Waals surface area (Å²) in [6.07, 6.45) is 3.96. The molecule has 0 aliphatic carbocycles. The quantitative estimate of drug-likeness (QED) is 0.641. The molecule has 0 amide bonds. The fourth-order valence-corrected chi connectivity index (χ4v) is 1.82. The average Bonchev–Trinajstić information content (AvgIpc) is 2.37. The molecular formula is C14H23N3O3. The third-order valence-electron chi connectivity index (χ3n) is 2.73. The first-order valence-corrected chi connectivity index (χ1v) is 7.06. The van der Waals surface area contributed by atoms with Gasteiger partial charge in [-0.1, -0.05) is 12.8 Å². The SMILES string of the molecule is CCOc1cc(NCCCCCCC(=O)O)nc(C)n1. The lowest BCUT2D eigenvalue weighted by molar-refractivity contribution is -0.137. The fourth-order valence-electron chi connectivity index (χ4n) is 1.82. The highest BCUT2D eigenvalue weighted by Gasteiger charge is 2.02. The second kappa shape index (κ2) is 9.12. The molecule has 0 fully saturated rings. The zero-order valence-corrected chi connectivity index (χ0v) is 12.2. The Hall–Kier alpha value is -1.85. The van der Waals surface area contributed by atoms with Crippen LogP contribution in [0.4, 0.5) is 5.82 Å². The first-order chi connectivity index (χ1) is 9.61. The van der Waals surface area contributed by atoms with Crippen LogP contribution in [0.1, 0.15) is 44.9 Å². The highest BCUT2D eigenvalue weighted by atomic mass is 16.5. The van der Waals surface area contributed by atoms with Crippen molar-refractivity contribution >= 4 is 11.8 Å². The molecule has 0 radical (unpaired) electrons. The molecule has 112 valence electrons. The molecule has 20 heavy (non-hydrogen) atoms. The second-order valence-electron chi connectivity index (χ2n) is 4.56. The number of carboxylic acids is 1. The van der Waals surface area contributed by atoms with Gasteiger partial charge in [0.2, 0.25) is 5.88 Å². The van der Waals surface area contributed by atoms with E-state index in [-0.39, 0.29) is 6.42 Å². The minimum Gasteiger partial charge on any atom is -0.481 e. The summed E-state index contributed by atoms with van der Waals surface area (Å²) < 4.78 is 5.36. The normalized spacial score (nSPS) is 10.3. The van der Waals surface area contributed by atoms with Crippen molar-refractivity contribution in [2.75, 3.05) is 18.5 Å². The van der Waals surface area contributed by atoms with Gasteiger partial charge in [-0.2, -0.15) is 4.98 Å². The van der Waals surface area contributed by atoms with E-state index in [2.05, 4.69) is 15.3 Å². The smallest absolute Gasteiger partial charge is 0.303 e. The number of unbranched alkanes of at least 4 members (excludes halogenated alkanes) is 3. The lowest BCUT2D eigenvalue weighted by Gasteiger charge is -2.08. The van der Waals surface area contributed by atoms with Gasteiger partial charge < -0.3 is 15.2 Å². The van der Waals surface area contributed by atoms with Crippen molar-refractivity contribution in [2.45, 2.75) is 46.0 Å². The first kappa shape index (κ1) is 16.2. The van der Waals surface area contributed by atoms with Crippen LogP contribution >= 0.6 is 0 Å². The molecule has 1 aromatic rings. The number of anilines is 1. The van der Waals surface area contributed by atoms with Crippen LogP contribution < -0.4 is 10.1 Å². The second-order valence-corrected chi connectivity index (χ2v) is 4.56. The van der Waals surface area contributed by atoms with E-state index in [9.17, 15) is 4.79 Å². The van der Waals surface area contributed by atoms with Crippen molar-refractivity contribution in [3.63, 3.8) is 0 Å². The van der Waals surface area contributed by atoms with Gasteiger partial charge in [-0.25, -0.2) is 4.98 Å². The van der Waals surface area contributed by atoms with Crippen molar-refractivity contribution in [3.8, 4) is 5.88 Å². The van der Waals surface area contributed by atoms with Gasteiger partial charge in [-0.15, -0.1) is 0 Å². The number of aliphatic carboxylic acids is 1. The van der Waals surface area contributed by atoms with Crippen molar-refractivity contribution < 1.29 is 14.6 Å². The Labute approximate surface area is 119 Å². The number of hydrogen-bond acceptors (Lipinski definition) is 5. The number of hydrogen-bond donors (Lipinski definition) is 2. The van der Waals surface area contributed by atoms with Crippen LogP contribution in [0, 0.1) is 6.92 Å². The van der Waals surface area contributed by atoms with Crippen molar-refractivity contribution in [3.05, 3.63) is 11.9 Å². The van der Waals surface area contributed by atoms with Crippen LogP contribution in [0.2, 0.25) is 0 Å². The number of aromatic nitrogens is 2. The lowest BCUT2D eigenvalue weighted by atomic mass is 10.1. The van der Waals surface area contributed by atoms with E-state index >= 15 is 0 Å². The highest BCUT2D eigenvalue weighted by molar-refractivity contribution is 5.66. The summed E-state index contributed by atoms with van der Waals surface area (Å²) in [5, 5.41) is 11.8. The Morgan fingerprint density at radius 3 is 2.75 bits per heavy atom. The summed E-state index contributed by atoms with van der Waals surface area (Å²) in [6, 6.07) is 1.79. The molecule has 0 spiro atoms. The third kappa shape index (κ3) is 6.92. The van der Waals surface area contributed by atoms with Gasteiger partial charge in [0, 0.05) is 19.0 Å². The minimum atomic E-state index is -0.719. The Bertz CT molecular complexity index is 424. The zero-order chi connectivity index (χ0) is 14.8. The predicted octanol–water partition coefficient (Wildman–Crippen LogP) is 2.63. The number of ether oxygens (including phenoxy) is 1. The molecule has 1 rings (SSSR count). The van der Waals surface area contributed by atoms with E-state index in [0.717, 1.165) is 38.0 Å². The molecule has 0 saturated carbocycles. The Morgan fingerprint density at radius 2 is 2.05 bits per heavy atom. The molecule has 0 saturated heterocycles. The van der Waals surface area contributed by atoms with E-state index < -0.39 is 5.97 Å². The van der Waals surface area contributed by atoms with Crippen LogP contribution in [0.15, 0.2) is 6.07 Å². The molecule has 0 aliphatic heterocycles. The maximum atomic E-state index is 10.4. The van der Waals surface area contributed by atoms with Crippen molar-refractivity contribution in [1.82, 2.24) is 9.97 Å². The van der Waals surface area contributed by atoms with Crippen LogP contribution in [-0.4, -0.2) is 34.2 Å². The van der Waals surface area contributed by atoms with Crippen LogP contribution in [0.25, 0.3) is 0 Å². The van der Waals surface area contributed by atoms with E-state index in [0.29, 0.717) is 18.3 Å². The molecule has 1 heterocycles. The van der Waals surface area contributed by atoms with Gasteiger partial charge in [0.15, 0.2) is 0 Å². The summed E-state index contributed by atoms with van der Waals surface area (Å²) in [4.78, 5) is 18.8. The minimum absolute atomic E-state index is 0.260. The number of carbonyl (C=O) groups is 1. The molecule has 6 heteroatoms. The maximum absolute atomic E-state index is 10.4. The molecule has 0 atom stereocenters. The van der Waals surface area contributed by atoms with Gasteiger partial charge in [-0.05, 0) is 26.7 Å². The topological polar surface area (TPSA) is 84.3 Å². The predicted molar refractivity (Wildman–Crippen MR) is 77.1 cm³/mol. The number of rotatable bonds is 10. The molecule has 0 bridgehead atoms. The molecule has 0 unspecified atom stereocenters. The number of nitrogens with zero attached hydrogens (tertiary/aromatic N) is 2. The van der Waals surface area contributed by atoms with E-state index in [1.165, 1.54) is 0 Å². The van der Waals surface area contributed by atoms with E-state index in [4.69, 9.17) is 9.84 Å². The first-order valence-electron chi connectivity index (χ1n) is 7.06. The van der Waals surface area contributed by atoms with Gasteiger partial charge in [0.25, 0.3) is 0 Å². The molecule has 1 aromatic heterocycles. The van der Waals surface area contributed by atoms with Crippen LogP contribution in [0.5, 0.6) is 5.88 Å². The summed E-state index contributed by atoms with van der Waals surface area (Å²) in [5.74, 6) is 1.32. The fraction of sp³-hybridized carbons (Fsp3) is 0.643. The molecule has 2 N–H and O–H groups in total. The summed E-state index contributed by atoms with van der Waals surface area (Å²) in [5.41, 5.74) is 0. The van der Waals surface area contributed by atoms with Crippen molar-refractivity contribution in [2.24, 2.45) is 0 Å². The van der Waals surface area contributed by atoms with Crippen molar-refractivity contribution in [1.29, 1.82) is 0 Å². The summed E-state index contributed by atoms with van der Waals surface area (Å²) in [6.45, 7) is 5.15. The lowest BCUT2D eigenvalue weighted by Crippen LogP contribution is -2.06. The Balaban J connectivity index is 2.23. The number of carboxylic acid groups (broad SMARTS) is 1. The molecular weight excluding hydrogens is 258 g/mol. The van der Waals surface area contributed by atoms with E-state index in [1.54, 1.807) is 6.07 Å². The number of aryl methyl sites for hydroxylation is 1. The Kier molecular flexibility index (Phi) is 7.39. The summed E-state index contributed by atoms with van der Waals surface area (Å²) in [7, 11) is 0.